The van der Waals surface area contributed by atoms with Crippen molar-refractivity contribution in [2.45, 2.75) is 39.2 Å². The van der Waals surface area contributed by atoms with Gasteiger partial charge in [0.05, 0.1) is 32.5 Å². The van der Waals surface area contributed by atoms with Gasteiger partial charge in [-0.25, -0.2) is 0 Å². The fraction of sp³-hybridized carbons (Fsp3) is 1.00. The minimum Gasteiger partial charge on any atom is -0.383 e. The van der Waals surface area contributed by atoms with Crippen LogP contribution in [0.3, 0.4) is 0 Å². The molecule has 0 spiro atoms. The maximum atomic E-state index is 5.56. The van der Waals surface area contributed by atoms with E-state index in [0.717, 1.165) is 26.0 Å². The Labute approximate surface area is 106 Å². The number of methoxy groups -OCH3 is 1. The first-order valence-corrected chi connectivity index (χ1v) is 6.72. The highest BCUT2D eigenvalue weighted by Crippen LogP contribution is 1.91. The molecule has 0 heterocycles. The Morgan fingerprint density at radius 1 is 0.941 bits per heavy atom. The third-order valence-electron chi connectivity index (χ3n) is 2.38. The van der Waals surface area contributed by atoms with Gasteiger partial charge in [0.25, 0.3) is 0 Å². The lowest BCUT2D eigenvalue weighted by Crippen LogP contribution is -2.38. The molecule has 0 amide bonds. The van der Waals surface area contributed by atoms with Gasteiger partial charge in [0.1, 0.15) is 0 Å². The van der Waals surface area contributed by atoms with E-state index in [9.17, 15) is 0 Å². The van der Waals surface area contributed by atoms with Crippen LogP contribution >= 0.6 is 0 Å². The lowest BCUT2D eigenvalue weighted by molar-refractivity contribution is 0.0268. The predicted molar refractivity (Wildman–Crippen MR) is 70.5 cm³/mol. The zero-order valence-corrected chi connectivity index (χ0v) is 11.7. The van der Waals surface area contributed by atoms with E-state index in [-0.39, 0.29) is 6.04 Å². The van der Waals surface area contributed by atoms with Crippen LogP contribution in [0.4, 0.5) is 0 Å². The molecule has 4 heteroatoms. The van der Waals surface area contributed by atoms with Crippen LogP contribution in [0.2, 0.25) is 0 Å². The Morgan fingerprint density at radius 3 is 2.35 bits per heavy atom. The number of unbranched alkanes of at least 4 members (excludes halogenated alkanes) is 1. The number of rotatable bonds is 13. The maximum Gasteiger partial charge on any atom is 0.0701 e. The lowest BCUT2D eigenvalue weighted by atomic mass is 10.3. The van der Waals surface area contributed by atoms with Crippen molar-refractivity contribution in [1.82, 2.24) is 5.32 Å². The molecule has 0 aromatic carbocycles. The van der Waals surface area contributed by atoms with E-state index < -0.39 is 0 Å². The van der Waals surface area contributed by atoms with Crippen molar-refractivity contribution in [2.24, 2.45) is 0 Å². The van der Waals surface area contributed by atoms with Crippen LogP contribution in [0.15, 0.2) is 0 Å². The van der Waals surface area contributed by atoms with Gasteiger partial charge in [-0.15, -0.1) is 0 Å². The number of ether oxygens (including phenoxy) is 3. The van der Waals surface area contributed by atoms with Crippen molar-refractivity contribution in [3.63, 3.8) is 0 Å². The van der Waals surface area contributed by atoms with Gasteiger partial charge in [-0.05, 0) is 19.4 Å². The molecular formula is C13H29NO3. The second kappa shape index (κ2) is 13.9. The molecule has 17 heavy (non-hydrogen) atoms. The SMILES string of the molecule is CCCCOCCOCC(COC)NCCC. The second-order valence-corrected chi connectivity index (χ2v) is 4.15. The lowest BCUT2D eigenvalue weighted by Gasteiger charge is -2.17. The fourth-order valence-electron chi connectivity index (χ4n) is 1.41. The third-order valence-corrected chi connectivity index (χ3v) is 2.38. The van der Waals surface area contributed by atoms with Gasteiger partial charge in [-0.2, -0.15) is 0 Å². The van der Waals surface area contributed by atoms with Crippen LogP contribution in [0, 0.1) is 0 Å². The number of hydrogen-bond donors (Lipinski definition) is 1. The zero-order valence-electron chi connectivity index (χ0n) is 11.7. The Hall–Kier alpha value is -0.160. The van der Waals surface area contributed by atoms with Crippen molar-refractivity contribution in [3.8, 4) is 0 Å². The summed E-state index contributed by atoms with van der Waals surface area (Å²) in [7, 11) is 1.72. The van der Waals surface area contributed by atoms with Gasteiger partial charge >= 0.3 is 0 Å². The minimum absolute atomic E-state index is 0.288. The van der Waals surface area contributed by atoms with Gasteiger partial charge in [0, 0.05) is 13.7 Å². The van der Waals surface area contributed by atoms with Crippen LogP contribution in [-0.4, -0.2) is 52.7 Å². The average Bonchev–Trinajstić information content (AvgIpc) is 2.34. The molecule has 1 N–H and O–H groups in total. The first kappa shape index (κ1) is 16.8. The summed E-state index contributed by atoms with van der Waals surface area (Å²) in [5, 5.41) is 3.39. The standard InChI is InChI=1S/C13H29NO3/c1-4-6-8-16-9-10-17-12-13(11-15-3)14-7-5-2/h13-14H,4-12H2,1-3H3. The summed E-state index contributed by atoms with van der Waals surface area (Å²) in [5.74, 6) is 0. The third kappa shape index (κ3) is 12.1. The summed E-state index contributed by atoms with van der Waals surface area (Å²) in [4.78, 5) is 0. The van der Waals surface area contributed by atoms with E-state index in [0.29, 0.717) is 26.4 Å². The van der Waals surface area contributed by atoms with E-state index in [2.05, 4.69) is 19.2 Å². The van der Waals surface area contributed by atoms with Crippen molar-refractivity contribution < 1.29 is 14.2 Å². The molecular weight excluding hydrogens is 218 g/mol. The first-order valence-electron chi connectivity index (χ1n) is 6.72. The summed E-state index contributed by atoms with van der Waals surface area (Å²) in [6.07, 6.45) is 3.43. The van der Waals surface area contributed by atoms with Crippen molar-refractivity contribution in [1.29, 1.82) is 0 Å². The molecule has 104 valence electrons. The Morgan fingerprint density at radius 2 is 1.71 bits per heavy atom. The Bertz CT molecular complexity index is 145. The monoisotopic (exact) mass is 247 g/mol. The summed E-state index contributed by atoms with van der Waals surface area (Å²) >= 11 is 0. The summed E-state index contributed by atoms with van der Waals surface area (Å²) in [5.41, 5.74) is 0. The van der Waals surface area contributed by atoms with Crippen molar-refractivity contribution in [2.75, 3.05) is 46.7 Å². The molecule has 0 saturated heterocycles. The zero-order chi connectivity index (χ0) is 12.8. The van der Waals surface area contributed by atoms with Gasteiger partial charge in [-0.1, -0.05) is 20.3 Å². The first-order chi connectivity index (χ1) is 8.35. The highest BCUT2D eigenvalue weighted by atomic mass is 16.5. The molecule has 0 bridgehead atoms. The molecule has 0 aliphatic rings. The average molecular weight is 247 g/mol. The highest BCUT2D eigenvalue weighted by molar-refractivity contribution is 4.64. The second-order valence-electron chi connectivity index (χ2n) is 4.15. The van der Waals surface area contributed by atoms with Crippen molar-refractivity contribution in [3.05, 3.63) is 0 Å². The van der Waals surface area contributed by atoms with E-state index >= 15 is 0 Å². The molecule has 0 saturated carbocycles. The largest absolute Gasteiger partial charge is 0.383 e. The smallest absolute Gasteiger partial charge is 0.0701 e. The van der Waals surface area contributed by atoms with E-state index in [1.807, 2.05) is 0 Å². The molecule has 0 aromatic heterocycles. The molecule has 0 rings (SSSR count). The Kier molecular flexibility index (Phi) is 13.8. The van der Waals surface area contributed by atoms with E-state index in [1.54, 1.807) is 7.11 Å². The molecule has 0 aliphatic heterocycles. The van der Waals surface area contributed by atoms with Gasteiger partial charge in [-0.3, -0.25) is 0 Å². The van der Waals surface area contributed by atoms with Crippen LogP contribution in [0.25, 0.3) is 0 Å². The molecule has 0 radical (unpaired) electrons. The summed E-state index contributed by atoms with van der Waals surface area (Å²) in [6, 6.07) is 0.288. The number of nitrogens with one attached hydrogen (secondary N) is 1. The maximum absolute atomic E-state index is 5.56. The summed E-state index contributed by atoms with van der Waals surface area (Å²) < 4.78 is 16.1. The van der Waals surface area contributed by atoms with Gasteiger partial charge in [0.15, 0.2) is 0 Å². The van der Waals surface area contributed by atoms with Crippen LogP contribution in [-0.2, 0) is 14.2 Å². The van der Waals surface area contributed by atoms with E-state index in [1.165, 1.54) is 6.42 Å². The fourth-order valence-corrected chi connectivity index (χ4v) is 1.41. The molecule has 4 nitrogen and oxygen atoms in total. The molecule has 0 aromatic rings. The number of hydrogen-bond acceptors (Lipinski definition) is 4. The van der Waals surface area contributed by atoms with Crippen LogP contribution in [0.5, 0.6) is 0 Å². The quantitative estimate of drug-likeness (QED) is 0.504. The van der Waals surface area contributed by atoms with Crippen LogP contribution < -0.4 is 5.32 Å². The van der Waals surface area contributed by atoms with E-state index in [4.69, 9.17) is 14.2 Å². The molecule has 0 aliphatic carbocycles. The van der Waals surface area contributed by atoms with Gasteiger partial charge < -0.3 is 19.5 Å². The summed E-state index contributed by atoms with van der Waals surface area (Å²) in [6.45, 7) is 8.89. The molecule has 1 atom stereocenters. The van der Waals surface area contributed by atoms with Crippen LogP contribution in [0.1, 0.15) is 33.1 Å². The minimum atomic E-state index is 0.288. The molecule has 0 fully saturated rings. The van der Waals surface area contributed by atoms with Gasteiger partial charge in [0.2, 0.25) is 0 Å². The van der Waals surface area contributed by atoms with Crippen molar-refractivity contribution >= 4 is 0 Å². The highest BCUT2D eigenvalue weighted by Gasteiger charge is 2.06. The Balaban J connectivity index is 3.34. The normalized spacial score (nSPS) is 12.9. The molecule has 1 unspecified atom stereocenters. The predicted octanol–water partition coefficient (Wildman–Crippen LogP) is 1.83. The topological polar surface area (TPSA) is 39.7 Å².